The molecule has 3 N–H and O–H groups in total. The molecule has 2 rings (SSSR count). The number of aromatic amines is 1. The Kier molecular flexibility index (Phi) is 6.20. The molecule has 0 aliphatic carbocycles. The Morgan fingerprint density at radius 2 is 1.96 bits per heavy atom. The van der Waals surface area contributed by atoms with Crippen LogP contribution in [0.2, 0.25) is 0 Å². The van der Waals surface area contributed by atoms with Crippen LogP contribution in [0.5, 0.6) is 5.75 Å². The minimum absolute atomic E-state index is 0.173. The first-order valence-corrected chi connectivity index (χ1v) is 7.77. The number of ether oxygens (including phenoxy) is 2. The molecule has 7 heteroatoms. The normalized spacial score (nSPS) is 10.6. The molecule has 0 bridgehead atoms. The zero-order chi connectivity index (χ0) is 17.5. The maximum Gasteiger partial charge on any atom is 0.314 e. The van der Waals surface area contributed by atoms with Gasteiger partial charge in [-0.2, -0.15) is 0 Å². The SMILES string of the molecule is COCCNC(=O)NCCc1cc2c(C)ccc(OC)c2[nH]c1=O. The fraction of sp³-hybridized carbons (Fsp3) is 0.412. The van der Waals surface area contributed by atoms with Gasteiger partial charge in [-0.05, 0) is 31.0 Å². The Morgan fingerprint density at radius 3 is 2.67 bits per heavy atom. The molecule has 0 saturated heterocycles. The second-order valence-corrected chi connectivity index (χ2v) is 5.42. The van der Waals surface area contributed by atoms with Crippen LogP contribution >= 0.6 is 0 Å². The summed E-state index contributed by atoms with van der Waals surface area (Å²) in [6.45, 7) is 3.25. The molecule has 0 aliphatic heterocycles. The molecule has 1 heterocycles. The van der Waals surface area contributed by atoms with Crippen molar-refractivity contribution in [3.05, 3.63) is 39.7 Å². The van der Waals surface area contributed by atoms with Gasteiger partial charge in [0.1, 0.15) is 5.75 Å². The van der Waals surface area contributed by atoms with Crippen LogP contribution in [0.15, 0.2) is 23.0 Å². The van der Waals surface area contributed by atoms with E-state index in [1.54, 1.807) is 14.2 Å². The van der Waals surface area contributed by atoms with Crippen molar-refractivity contribution in [2.24, 2.45) is 0 Å². The molecule has 0 atom stereocenters. The minimum atomic E-state index is -0.276. The molecular weight excluding hydrogens is 310 g/mol. The molecule has 0 fully saturated rings. The molecule has 130 valence electrons. The second-order valence-electron chi connectivity index (χ2n) is 5.42. The van der Waals surface area contributed by atoms with E-state index in [4.69, 9.17) is 9.47 Å². The van der Waals surface area contributed by atoms with E-state index in [9.17, 15) is 9.59 Å². The monoisotopic (exact) mass is 333 g/mol. The van der Waals surface area contributed by atoms with Crippen LogP contribution in [0.4, 0.5) is 4.79 Å². The van der Waals surface area contributed by atoms with Gasteiger partial charge in [0.25, 0.3) is 5.56 Å². The van der Waals surface area contributed by atoms with Crippen molar-refractivity contribution >= 4 is 16.9 Å². The molecule has 1 aromatic heterocycles. The lowest BCUT2D eigenvalue weighted by molar-refractivity contribution is 0.196. The Hall–Kier alpha value is -2.54. The van der Waals surface area contributed by atoms with Crippen molar-refractivity contribution in [1.82, 2.24) is 15.6 Å². The second kappa shape index (κ2) is 8.35. The third-order valence-electron chi connectivity index (χ3n) is 3.77. The van der Waals surface area contributed by atoms with Gasteiger partial charge in [-0.25, -0.2) is 4.79 Å². The lowest BCUT2D eigenvalue weighted by Crippen LogP contribution is -2.38. The van der Waals surface area contributed by atoms with Gasteiger partial charge in [-0.15, -0.1) is 0 Å². The van der Waals surface area contributed by atoms with Gasteiger partial charge in [0, 0.05) is 31.1 Å². The molecule has 2 aromatic rings. The van der Waals surface area contributed by atoms with Crippen LogP contribution in [-0.4, -0.2) is 44.9 Å². The van der Waals surface area contributed by atoms with Crippen LogP contribution < -0.4 is 20.9 Å². The first-order valence-electron chi connectivity index (χ1n) is 7.77. The number of benzene rings is 1. The molecule has 7 nitrogen and oxygen atoms in total. The van der Waals surface area contributed by atoms with E-state index in [2.05, 4.69) is 15.6 Å². The zero-order valence-electron chi connectivity index (χ0n) is 14.2. The highest BCUT2D eigenvalue weighted by Gasteiger charge is 2.09. The predicted octanol–water partition coefficient (Wildman–Crippen LogP) is 1.33. The molecular formula is C17H23N3O4. The molecule has 0 radical (unpaired) electrons. The number of hydrogen-bond acceptors (Lipinski definition) is 4. The summed E-state index contributed by atoms with van der Waals surface area (Å²) in [5, 5.41) is 6.32. The van der Waals surface area contributed by atoms with E-state index >= 15 is 0 Å². The molecule has 2 amide bonds. The lowest BCUT2D eigenvalue weighted by atomic mass is 10.1. The van der Waals surface area contributed by atoms with Crippen LogP contribution in [0.25, 0.3) is 10.9 Å². The highest BCUT2D eigenvalue weighted by molar-refractivity contribution is 5.87. The summed E-state index contributed by atoms with van der Waals surface area (Å²) in [6, 6.07) is 5.36. The third-order valence-corrected chi connectivity index (χ3v) is 3.77. The number of amides is 2. The summed E-state index contributed by atoms with van der Waals surface area (Å²) in [6.07, 6.45) is 0.444. The van der Waals surface area contributed by atoms with E-state index in [-0.39, 0.29) is 11.6 Å². The van der Waals surface area contributed by atoms with Crippen molar-refractivity contribution in [3.63, 3.8) is 0 Å². The van der Waals surface area contributed by atoms with Crippen LogP contribution in [0.3, 0.4) is 0 Å². The maximum atomic E-state index is 12.2. The molecule has 0 unspecified atom stereocenters. The van der Waals surface area contributed by atoms with Crippen molar-refractivity contribution in [2.75, 3.05) is 33.9 Å². The van der Waals surface area contributed by atoms with Gasteiger partial charge in [-0.3, -0.25) is 4.79 Å². The molecule has 0 spiro atoms. The Bertz CT molecular complexity index is 770. The number of urea groups is 1. The minimum Gasteiger partial charge on any atom is -0.495 e. The summed E-state index contributed by atoms with van der Waals surface area (Å²) >= 11 is 0. The number of carbonyl (C=O) groups is 1. The van der Waals surface area contributed by atoms with Gasteiger partial charge in [-0.1, -0.05) is 6.07 Å². The lowest BCUT2D eigenvalue weighted by Gasteiger charge is -2.10. The van der Waals surface area contributed by atoms with E-state index < -0.39 is 0 Å². The largest absolute Gasteiger partial charge is 0.495 e. The summed E-state index contributed by atoms with van der Waals surface area (Å²) in [7, 11) is 3.14. The number of pyridine rings is 1. The van der Waals surface area contributed by atoms with Gasteiger partial charge >= 0.3 is 6.03 Å². The van der Waals surface area contributed by atoms with Crippen LogP contribution in [-0.2, 0) is 11.2 Å². The number of aryl methyl sites for hydroxylation is 1. The number of fused-ring (bicyclic) bond motifs is 1. The fourth-order valence-corrected chi connectivity index (χ4v) is 2.45. The van der Waals surface area contributed by atoms with E-state index in [0.29, 0.717) is 42.9 Å². The quantitative estimate of drug-likeness (QED) is 0.667. The fourth-order valence-electron chi connectivity index (χ4n) is 2.45. The Labute approximate surface area is 140 Å². The molecule has 0 saturated carbocycles. The molecule has 24 heavy (non-hydrogen) atoms. The number of aromatic nitrogens is 1. The third kappa shape index (κ3) is 4.26. The van der Waals surface area contributed by atoms with Crippen LogP contribution in [0, 0.1) is 6.92 Å². The van der Waals surface area contributed by atoms with Gasteiger partial charge in [0.15, 0.2) is 0 Å². The smallest absolute Gasteiger partial charge is 0.314 e. The van der Waals surface area contributed by atoms with E-state index in [0.717, 1.165) is 10.9 Å². The predicted molar refractivity (Wildman–Crippen MR) is 92.8 cm³/mol. The number of carbonyl (C=O) groups excluding carboxylic acids is 1. The topological polar surface area (TPSA) is 92.4 Å². The number of rotatable bonds is 7. The average Bonchev–Trinajstić information content (AvgIpc) is 2.56. The van der Waals surface area contributed by atoms with Crippen LogP contribution in [0.1, 0.15) is 11.1 Å². The highest BCUT2D eigenvalue weighted by Crippen LogP contribution is 2.25. The molecule has 0 aliphatic rings. The first-order chi connectivity index (χ1) is 11.6. The summed E-state index contributed by atoms with van der Waals surface area (Å²) < 4.78 is 10.1. The summed E-state index contributed by atoms with van der Waals surface area (Å²) in [5.74, 6) is 0.634. The van der Waals surface area contributed by atoms with Gasteiger partial charge in [0.2, 0.25) is 0 Å². The highest BCUT2D eigenvalue weighted by atomic mass is 16.5. The van der Waals surface area contributed by atoms with Gasteiger partial charge < -0.3 is 25.1 Å². The first kappa shape index (κ1) is 17.8. The van der Waals surface area contributed by atoms with Crippen molar-refractivity contribution in [3.8, 4) is 5.75 Å². The number of methoxy groups -OCH3 is 2. The summed E-state index contributed by atoms with van der Waals surface area (Å²) in [4.78, 5) is 26.7. The standard InChI is InChI=1S/C17H23N3O4/c1-11-4-5-14(24-3)15-13(11)10-12(16(21)20-15)6-7-18-17(22)19-8-9-23-2/h4-5,10H,6-9H2,1-3H3,(H,20,21)(H2,18,19,22). The Balaban J connectivity index is 2.07. The number of hydrogen-bond donors (Lipinski definition) is 3. The average molecular weight is 333 g/mol. The number of H-pyrrole nitrogens is 1. The van der Waals surface area contributed by atoms with E-state index in [1.165, 1.54) is 0 Å². The van der Waals surface area contributed by atoms with E-state index in [1.807, 2.05) is 25.1 Å². The number of nitrogens with one attached hydrogen (secondary N) is 3. The van der Waals surface area contributed by atoms with Crippen molar-refractivity contribution < 1.29 is 14.3 Å². The van der Waals surface area contributed by atoms with Crippen molar-refractivity contribution in [1.29, 1.82) is 0 Å². The Morgan fingerprint density at radius 1 is 1.21 bits per heavy atom. The molecule has 1 aromatic carbocycles. The maximum absolute atomic E-state index is 12.2. The van der Waals surface area contributed by atoms with Gasteiger partial charge in [0.05, 0.1) is 19.2 Å². The van der Waals surface area contributed by atoms with Crippen molar-refractivity contribution in [2.45, 2.75) is 13.3 Å². The summed E-state index contributed by atoms with van der Waals surface area (Å²) in [5.41, 5.74) is 2.19. The zero-order valence-corrected chi connectivity index (χ0v) is 14.2.